The molecule has 322 valence electrons. The molecule has 0 saturated carbocycles. The van der Waals surface area contributed by atoms with E-state index >= 15 is 0 Å². The minimum absolute atomic E-state index is 0.0199. The second-order valence-corrected chi connectivity index (χ2v) is 18.8. The van der Waals surface area contributed by atoms with E-state index in [2.05, 4.69) is 164 Å². The van der Waals surface area contributed by atoms with Crippen molar-refractivity contribution in [2.45, 2.75) is 11.8 Å². The van der Waals surface area contributed by atoms with E-state index in [1.54, 1.807) is 0 Å². The quantitative estimate of drug-likeness (QED) is 0.159. The van der Waals surface area contributed by atoms with E-state index in [1.165, 1.54) is 59.1 Å². The van der Waals surface area contributed by atoms with E-state index in [9.17, 15) is 0 Å². The summed E-state index contributed by atoms with van der Waals surface area (Å²) in [6, 6.07) is 77.0. The van der Waals surface area contributed by atoms with Crippen LogP contribution in [0.1, 0.15) is 45.2 Å². The SMILES string of the molecule is c1ccc(-c2nc(-c3ccccc3)nc(-c3ccc4c(c3)C3c5ccccc5C4c4cc(-c5nc(-c6ccccc6)nc(-c6cccc(-c7cccc8c7sc7ccccc78)c6)n5)ccc43)n2)cc1. The maximum absolute atomic E-state index is 5.30. The van der Waals surface area contributed by atoms with Crippen LogP contribution in [0.2, 0.25) is 0 Å². The highest BCUT2D eigenvalue weighted by Crippen LogP contribution is 2.56. The lowest BCUT2D eigenvalue weighted by molar-refractivity contribution is 0.754. The maximum atomic E-state index is 5.30. The molecule has 0 N–H and O–H groups in total. The minimum Gasteiger partial charge on any atom is -0.208 e. The highest BCUT2D eigenvalue weighted by molar-refractivity contribution is 7.26. The van der Waals surface area contributed by atoms with Crippen LogP contribution in [0.4, 0.5) is 0 Å². The smallest absolute Gasteiger partial charge is 0.164 e. The van der Waals surface area contributed by atoms with Crippen LogP contribution in [-0.4, -0.2) is 29.9 Å². The molecule has 9 aromatic carbocycles. The lowest BCUT2D eigenvalue weighted by atomic mass is 9.61. The second-order valence-electron chi connectivity index (χ2n) is 17.8. The summed E-state index contributed by atoms with van der Waals surface area (Å²) in [4.78, 5) is 30.8. The zero-order valence-electron chi connectivity index (χ0n) is 37.0. The van der Waals surface area contributed by atoms with Gasteiger partial charge in [-0.05, 0) is 68.8 Å². The van der Waals surface area contributed by atoms with Gasteiger partial charge in [-0.3, -0.25) is 0 Å². The zero-order chi connectivity index (χ0) is 45.4. The molecule has 12 aromatic rings. The molecular weight excluding hydrogens is 861 g/mol. The summed E-state index contributed by atoms with van der Waals surface area (Å²) in [5, 5.41) is 2.56. The molecule has 3 aliphatic carbocycles. The topological polar surface area (TPSA) is 77.3 Å². The first-order valence-electron chi connectivity index (χ1n) is 23.3. The molecule has 3 heterocycles. The predicted molar refractivity (Wildman–Crippen MR) is 279 cm³/mol. The van der Waals surface area contributed by atoms with Crippen molar-refractivity contribution in [2.24, 2.45) is 0 Å². The van der Waals surface area contributed by atoms with Crippen LogP contribution in [0.3, 0.4) is 0 Å². The molecule has 15 rings (SSSR count). The largest absolute Gasteiger partial charge is 0.208 e. The molecule has 0 amide bonds. The number of thiophene rings is 1. The van der Waals surface area contributed by atoms with Crippen LogP contribution in [-0.2, 0) is 0 Å². The Morgan fingerprint density at radius 2 is 0.638 bits per heavy atom. The molecular formula is C62H38N6S. The maximum Gasteiger partial charge on any atom is 0.164 e. The molecule has 0 spiro atoms. The first-order chi connectivity index (χ1) is 34.2. The Kier molecular flexibility index (Phi) is 9.10. The van der Waals surface area contributed by atoms with Gasteiger partial charge in [-0.15, -0.1) is 11.3 Å². The second kappa shape index (κ2) is 15.9. The van der Waals surface area contributed by atoms with Gasteiger partial charge in [-0.2, -0.15) is 0 Å². The third-order valence-corrected chi connectivity index (χ3v) is 15.0. The molecule has 6 nitrogen and oxygen atoms in total. The molecule has 2 atom stereocenters. The third kappa shape index (κ3) is 6.61. The van der Waals surface area contributed by atoms with Crippen LogP contribution in [0.5, 0.6) is 0 Å². The van der Waals surface area contributed by atoms with Gasteiger partial charge in [0, 0.05) is 65.4 Å². The lowest BCUT2D eigenvalue weighted by Crippen LogP contribution is -2.27. The van der Waals surface area contributed by atoms with Crippen LogP contribution in [0.25, 0.3) is 99.6 Å². The normalized spacial score (nSPS) is 14.4. The first-order valence-corrected chi connectivity index (χ1v) is 24.1. The summed E-state index contributed by atoms with van der Waals surface area (Å²) < 4.78 is 2.57. The number of fused-ring (bicyclic) bond motifs is 3. The zero-order valence-corrected chi connectivity index (χ0v) is 37.8. The van der Waals surface area contributed by atoms with Gasteiger partial charge < -0.3 is 0 Å². The molecule has 7 heteroatoms. The van der Waals surface area contributed by atoms with Crippen molar-refractivity contribution in [2.75, 3.05) is 0 Å². The van der Waals surface area contributed by atoms with Gasteiger partial charge >= 0.3 is 0 Å². The monoisotopic (exact) mass is 898 g/mol. The fourth-order valence-corrected chi connectivity index (χ4v) is 11.8. The summed E-state index contributed by atoms with van der Waals surface area (Å²) in [6.07, 6.45) is 0. The summed E-state index contributed by atoms with van der Waals surface area (Å²) in [6.45, 7) is 0. The number of aromatic nitrogens is 6. The van der Waals surface area contributed by atoms with Crippen LogP contribution in [0, 0.1) is 0 Å². The van der Waals surface area contributed by atoms with Gasteiger partial charge in [0.2, 0.25) is 0 Å². The number of nitrogens with zero attached hydrogens (tertiary/aromatic N) is 6. The average Bonchev–Trinajstić information content (AvgIpc) is 3.82. The van der Waals surface area contributed by atoms with E-state index in [1.807, 2.05) is 65.9 Å². The Morgan fingerprint density at radius 1 is 0.261 bits per heavy atom. The Balaban J connectivity index is 0.883. The summed E-state index contributed by atoms with van der Waals surface area (Å²) >= 11 is 1.84. The molecule has 0 radical (unpaired) electrons. The van der Waals surface area contributed by atoms with Crippen molar-refractivity contribution in [3.8, 4) is 79.5 Å². The van der Waals surface area contributed by atoms with Gasteiger partial charge in [-0.1, -0.05) is 194 Å². The molecule has 0 saturated heterocycles. The summed E-state index contributed by atoms with van der Waals surface area (Å²) in [7, 11) is 0. The third-order valence-electron chi connectivity index (χ3n) is 13.8. The number of hydrogen-bond donors (Lipinski definition) is 0. The number of hydrogen-bond acceptors (Lipinski definition) is 7. The Hall–Kier alpha value is -8.78. The van der Waals surface area contributed by atoms with Gasteiger partial charge in [0.1, 0.15) is 0 Å². The summed E-state index contributed by atoms with van der Waals surface area (Å²) in [5.41, 5.74) is 15.8. The molecule has 0 aliphatic heterocycles. The standard InChI is InChI=1S/C62H38N6S/c1-4-16-37(17-5-1)57-63-58(38-18-6-2-7-19-38)66-61(65-57)42-30-32-48-51(35-42)54-46-25-10-11-26-47(46)55(48)52-36-43(31-33-49(52)54)62-67-59(39-20-8-3-9-21-39)64-60(68-62)41-23-14-22-40(34-41)44-27-15-28-50-45-24-12-13-29-53(45)69-56(44)50/h1-36,54-55H. The number of rotatable bonds is 7. The van der Waals surface area contributed by atoms with Crippen LogP contribution in [0.15, 0.2) is 218 Å². The van der Waals surface area contributed by atoms with E-state index in [-0.39, 0.29) is 11.8 Å². The fraction of sp³-hybridized carbons (Fsp3) is 0.0323. The van der Waals surface area contributed by atoms with Crippen molar-refractivity contribution in [3.63, 3.8) is 0 Å². The van der Waals surface area contributed by atoms with Gasteiger partial charge in [-0.25, -0.2) is 29.9 Å². The molecule has 69 heavy (non-hydrogen) atoms. The molecule has 0 fully saturated rings. The Morgan fingerprint density at radius 3 is 1.16 bits per heavy atom. The average molecular weight is 899 g/mol. The van der Waals surface area contributed by atoms with Gasteiger partial charge in [0.25, 0.3) is 0 Å². The molecule has 2 bridgehead atoms. The fourth-order valence-electron chi connectivity index (χ4n) is 10.6. The molecule has 3 aliphatic rings. The first kappa shape index (κ1) is 39.4. The lowest BCUT2D eigenvalue weighted by Gasteiger charge is -2.42. The van der Waals surface area contributed by atoms with Crippen LogP contribution >= 0.6 is 11.3 Å². The van der Waals surface area contributed by atoms with Crippen molar-refractivity contribution in [1.29, 1.82) is 0 Å². The van der Waals surface area contributed by atoms with Crippen LogP contribution < -0.4 is 0 Å². The Labute approximate surface area is 402 Å². The minimum atomic E-state index is 0.0199. The Bertz CT molecular complexity index is 3920. The van der Waals surface area contributed by atoms with Crippen molar-refractivity contribution >= 4 is 31.5 Å². The highest BCUT2D eigenvalue weighted by Gasteiger charge is 2.41. The highest BCUT2D eigenvalue weighted by atomic mass is 32.1. The summed E-state index contributed by atoms with van der Waals surface area (Å²) in [5.74, 6) is 3.91. The van der Waals surface area contributed by atoms with Crippen molar-refractivity contribution in [3.05, 3.63) is 252 Å². The van der Waals surface area contributed by atoms with E-state index in [0.717, 1.165) is 38.9 Å². The number of benzene rings is 9. The predicted octanol–water partition coefficient (Wildman–Crippen LogP) is 15.1. The van der Waals surface area contributed by atoms with E-state index in [4.69, 9.17) is 29.9 Å². The van der Waals surface area contributed by atoms with Gasteiger partial charge in [0.05, 0.1) is 0 Å². The molecule has 3 aromatic heterocycles. The van der Waals surface area contributed by atoms with Crippen molar-refractivity contribution in [1.82, 2.24) is 29.9 Å². The van der Waals surface area contributed by atoms with Gasteiger partial charge in [0.15, 0.2) is 34.9 Å². The van der Waals surface area contributed by atoms with E-state index < -0.39 is 0 Å². The van der Waals surface area contributed by atoms with Crippen molar-refractivity contribution < 1.29 is 0 Å². The molecule has 2 unspecified atom stereocenters. The van der Waals surface area contributed by atoms with E-state index in [0.29, 0.717) is 34.9 Å².